The van der Waals surface area contributed by atoms with Gasteiger partial charge in [0.15, 0.2) is 0 Å². The fourth-order valence-corrected chi connectivity index (χ4v) is 4.21. The van der Waals surface area contributed by atoms with Crippen LogP contribution in [0.2, 0.25) is 5.02 Å². The number of nitrogens with zero attached hydrogens (tertiary/aromatic N) is 1. The topological polar surface area (TPSA) is 15.3 Å². The molecule has 0 spiro atoms. The molecule has 2 nitrogen and oxygen atoms in total. The zero-order valence-electron chi connectivity index (χ0n) is 12.6. The predicted octanol–water partition coefficient (Wildman–Crippen LogP) is 3.75. The van der Waals surface area contributed by atoms with E-state index in [1.807, 2.05) is 12.1 Å². The van der Waals surface area contributed by atoms with E-state index in [0.717, 1.165) is 28.7 Å². The molecule has 1 N–H and O–H groups in total. The largest absolute Gasteiger partial charge is 0.335 e. The van der Waals surface area contributed by atoms with E-state index in [1.54, 1.807) is 0 Å². The number of fused-ring (bicyclic) bond motifs is 3. The number of hydrogen-bond acceptors (Lipinski definition) is 2. The summed E-state index contributed by atoms with van der Waals surface area (Å²) in [6.45, 7) is 6.12. The Morgan fingerprint density at radius 2 is 1.95 bits per heavy atom. The SMILES string of the molecule is Cc1ccc(C23NCCN2C(=S)c2ccc(Cl)cc23)cc1C. The molecule has 1 fully saturated rings. The van der Waals surface area contributed by atoms with E-state index in [9.17, 15) is 0 Å². The fourth-order valence-electron chi connectivity index (χ4n) is 3.63. The molecule has 0 saturated carbocycles. The van der Waals surface area contributed by atoms with E-state index in [1.165, 1.54) is 22.3 Å². The van der Waals surface area contributed by atoms with Crippen molar-refractivity contribution in [1.29, 1.82) is 0 Å². The van der Waals surface area contributed by atoms with E-state index in [4.69, 9.17) is 23.8 Å². The summed E-state index contributed by atoms with van der Waals surface area (Å²) in [5.41, 5.74) is 5.75. The minimum Gasteiger partial charge on any atom is -0.335 e. The third-order valence-electron chi connectivity index (χ3n) is 4.89. The Morgan fingerprint density at radius 1 is 1.14 bits per heavy atom. The molecule has 4 heteroatoms. The van der Waals surface area contributed by atoms with Gasteiger partial charge in [0.2, 0.25) is 0 Å². The van der Waals surface area contributed by atoms with Gasteiger partial charge in [-0.25, -0.2) is 0 Å². The highest BCUT2D eigenvalue weighted by molar-refractivity contribution is 7.80. The first-order valence-corrected chi connectivity index (χ1v) is 8.27. The molecule has 0 aromatic heterocycles. The highest BCUT2D eigenvalue weighted by atomic mass is 35.5. The molecule has 0 aliphatic carbocycles. The highest BCUT2D eigenvalue weighted by Crippen LogP contribution is 2.45. The number of benzene rings is 2. The predicted molar refractivity (Wildman–Crippen MR) is 94.6 cm³/mol. The van der Waals surface area contributed by atoms with Crippen molar-refractivity contribution in [2.24, 2.45) is 0 Å². The Bertz CT molecular complexity index is 802. The summed E-state index contributed by atoms with van der Waals surface area (Å²) >= 11 is 12.0. The third kappa shape index (κ3) is 1.73. The summed E-state index contributed by atoms with van der Waals surface area (Å²) in [6, 6.07) is 12.7. The van der Waals surface area contributed by atoms with Crippen LogP contribution in [0.4, 0.5) is 0 Å². The van der Waals surface area contributed by atoms with Gasteiger partial charge in [-0.2, -0.15) is 0 Å². The second-order valence-corrected chi connectivity index (χ2v) is 6.91. The van der Waals surface area contributed by atoms with Crippen LogP contribution in [0.3, 0.4) is 0 Å². The molecule has 0 radical (unpaired) electrons. The first kappa shape index (κ1) is 14.2. The average molecular weight is 329 g/mol. The smallest absolute Gasteiger partial charge is 0.145 e. The summed E-state index contributed by atoms with van der Waals surface area (Å²) < 4.78 is 0. The molecule has 1 atom stereocenters. The summed E-state index contributed by atoms with van der Waals surface area (Å²) in [4.78, 5) is 3.21. The van der Waals surface area contributed by atoms with Gasteiger partial charge in [-0.15, -0.1) is 0 Å². The number of nitrogens with one attached hydrogen (secondary N) is 1. The molecule has 2 aliphatic heterocycles. The highest BCUT2D eigenvalue weighted by Gasteiger charge is 2.51. The lowest BCUT2D eigenvalue weighted by Gasteiger charge is -2.35. The van der Waals surface area contributed by atoms with Gasteiger partial charge in [-0.05, 0) is 42.7 Å². The van der Waals surface area contributed by atoms with Crippen molar-refractivity contribution in [2.45, 2.75) is 19.5 Å². The Labute approximate surface area is 141 Å². The van der Waals surface area contributed by atoms with Crippen LogP contribution in [0.1, 0.15) is 27.8 Å². The van der Waals surface area contributed by atoms with Crippen LogP contribution in [0.15, 0.2) is 36.4 Å². The minimum atomic E-state index is -0.365. The van der Waals surface area contributed by atoms with Gasteiger partial charge in [0.25, 0.3) is 0 Å². The molecule has 22 heavy (non-hydrogen) atoms. The van der Waals surface area contributed by atoms with Crippen LogP contribution in [-0.4, -0.2) is 23.0 Å². The first-order chi connectivity index (χ1) is 10.5. The van der Waals surface area contributed by atoms with Gasteiger partial charge in [0.05, 0.1) is 0 Å². The Morgan fingerprint density at radius 3 is 2.73 bits per heavy atom. The van der Waals surface area contributed by atoms with Crippen LogP contribution >= 0.6 is 23.8 Å². The summed E-state index contributed by atoms with van der Waals surface area (Å²) in [5.74, 6) is 0. The van der Waals surface area contributed by atoms with E-state index >= 15 is 0 Å². The summed E-state index contributed by atoms with van der Waals surface area (Å²) in [5, 5.41) is 4.44. The van der Waals surface area contributed by atoms with Crippen molar-refractivity contribution in [3.8, 4) is 0 Å². The lowest BCUT2D eigenvalue weighted by molar-refractivity contribution is 0.281. The molecule has 2 aliphatic rings. The number of hydrogen-bond donors (Lipinski definition) is 1. The van der Waals surface area contributed by atoms with Crippen molar-refractivity contribution in [1.82, 2.24) is 10.2 Å². The standard InChI is InChI=1S/C18H17ClN2S/c1-11-3-4-13(9-12(11)2)18-16-10-14(19)5-6-15(16)17(22)21(18)8-7-20-18/h3-6,9-10,20H,7-8H2,1-2H3. The molecule has 0 amide bonds. The number of thiocarbonyl (C=S) groups is 1. The lowest BCUT2D eigenvalue weighted by atomic mass is 9.89. The van der Waals surface area contributed by atoms with Crippen LogP contribution in [0, 0.1) is 13.8 Å². The Balaban J connectivity index is 2.01. The molecule has 2 aromatic rings. The van der Waals surface area contributed by atoms with E-state index < -0.39 is 0 Å². The number of aryl methyl sites for hydroxylation is 2. The van der Waals surface area contributed by atoms with Gasteiger partial charge in [0.1, 0.15) is 10.7 Å². The lowest BCUT2D eigenvalue weighted by Crippen LogP contribution is -2.46. The fraction of sp³-hybridized carbons (Fsp3) is 0.278. The molecule has 0 bridgehead atoms. The van der Waals surface area contributed by atoms with Crippen molar-refractivity contribution >= 4 is 28.8 Å². The third-order valence-corrected chi connectivity index (χ3v) is 5.57. The first-order valence-electron chi connectivity index (χ1n) is 7.49. The van der Waals surface area contributed by atoms with Crippen molar-refractivity contribution in [3.63, 3.8) is 0 Å². The van der Waals surface area contributed by atoms with Gasteiger partial charge in [-0.1, -0.05) is 48.1 Å². The maximum Gasteiger partial charge on any atom is 0.145 e. The molecular formula is C18H17ClN2S. The monoisotopic (exact) mass is 328 g/mol. The maximum atomic E-state index is 6.28. The van der Waals surface area contributed by atoms with E-state index in [2.05, 4.69) is 48.3 Å². The van der Waals surface area contributed by atoms with E-state index in [-0.39, 0.29) is 5.66 Å². The van der Waals surface area contributed by atoms with Crippen LogP contribution < -0.4 is 5.32 Å². The van der Waals surface area contributed by atoms with Gasteiger partial charge in [0, 0.05) is 29.2 Å². The molecule has 112 valence electrons. The Hall–Kier alpha value is -1.42. The van der Waals surface area contributed by atoms with Crippen molar-refractivity contribution in [2.75, 3.05) is 13.1 Å². The number of halogens is 1. The number of rotatable bonds is 1. The van der Waals surface area contributed by atoms with Crippen molar-refractivity contribution in [3.05, 3.63) is 69.2 Å². The van der Waals surface area contributed by atoms with Crippen LogP contribution in [0.25, 0.3) is 0 Å². The van der Waals surface area contributed by atoms with E-state index in [0.29, 0.717) is 0 Å². The zero-order chi connectivity index (χ0) is 15.5. The summed E-state index contributed by atoms with van der Waals surface area (Å²) in [7, 11) is 0. The summed E-state index contributed by atoms with van der Waals surface area (Å²) in [6.07, 6.45) is 0. The zero-order valence-corrected chi connectivity index (χ0v) is 14.2. The second kappa shape index (κ2) is 4.79. The van der Waals surface area contributed by atoms with Crippen LogP contribution in [0.5, 0.6) is 0 Å². The maximum absolute atomic E-state index is 6.28. The van der Waals surface area contributed by atoms with Crippen LogP contribution in [-0.2, 0) is 5.66 Å². The van der Waals surface area contributed by atoms with Gasteiger partial charge < -0.3 is 4.90 Å². The molecule has 1 saturated heterocycles. The average Bonchev–Trinajstić information content (AvgIpc) is 3.02. The molecular weight excluding hydrogens is 312 g/mol. The minimum absolute atomic E-state index is 0.365. The van der Waals surface area contributed by atoms with Crippen molar-refractivity contribution < 1.29 is 0 Å². The van der Waals surface area contributed by atoms with Gasteiger partial charge in [-0.3, -0.25) is 5.32 Å². The molecule has 4 rings (SSSR count). The second-order valence-electron chi connectivity index (χ2n) is 6.08. The normalized spacial score (nSPS) is 22.9. The molecule has 2 aromatic carbocycles. The molecule has 1 unspecified atom stereocenters. The Kier molecular flexibility index (Phi) is 3.09. The van der Waals surface area contributed by atoms with Gasteiger partial charge >= 0.3 is 0 Å². The molecule has 2 heterocycles. The quantitative estimate of drug-likeness (QED) is 0.803.